The van der Waals surface area contributed by atoms with Crippen molar-refractivity contribution in [1.82, 2.24) is 15.1 Å². The average molecular weight is 340 g/mol. The van der Waals surface area contributed by atoms with Crippen LogP contribution in [0.25, 0.3) is 0 Å². The zero-order valence-corrected chi connectivity index (χ0v) is 13.9. The highest BCUT2D eigenvalue weighted by Gasteiger charge is 2.27. The van der Waals surface area contributed by atoms with Crippen molar-refractivity contribution in [3.63, 3.8) is 0 Å². The van der Waals surface area contributed by atoms with Crippen LogP contribution in [-0.2, 0) is 11.3 Å². The van der Waals surface area contributed by atoms with Gasteiger partial charge in [-0.2, -0.15) is 5.10 Å². The van der Waals surface area contributed by atoms with Gasteiger partial charge in [-0.05, 0) is 30.2 Å². The van der Waals surface area contributed by atoms with Crippen molar-refractivity contribution in [3.05, 3.63) is 51.8 Å². The standard InChI is InChI=1S/C16H19Cl2N3O/c1-11-7-20-21(9-11)10-13-8-19-4-5-22-16(13)12-2-3-14(17)15(18)6-12/h2-3,6-7,9,13,16,19H,4-5,8,10H2,1H3. The van der Waals surface area contributed by atoms with Gasteiger partial charge >= 0.3 is 0 Å². The lowest BCUT2D eigenvalue weighted by Gasteiger charge is -2.25. The molecule has 118 valence electrons. The molecule has 0 spiro atoms. The Labute approximate surface area is 140 Å². The predicted octanol–water partition coefficient (Wildman–Crippen LogP) is 3.48. The molecule has 4 nitrogen and oxygen atoms in total. The molecule has 0 aliphatic carbocycles. The molecule has 1 aliphatic rings. The van der Waals surface area contributed by atoms with E-state index in [1.807, 2.05) is 36.0 Å². The Morgan fingerprint density at radius 2 is 2.23 bits per heavy atom. The Kier molecular flexibility index (Phi) is 5.03. The highest BCUT2D eigenvalue weighted by Crippen LogP contribution is 2.32. The molecule has 0 bridgehead atoms. The fourth-order valence-electron chi connectivity index (χ4n) is 2.81. The molecule has 0 radical (unpaired) electrons. The van der Waals surface area contributed by atoms with Crippen molar-refractivity contribution >= 4 is 23.2 Å². The summed E-state index contributed by atoms with van der Waals surface area (Å²) in [6, 6.07) is 5.72. The summed E-state index contributed by atoms with van der Waals surface area (Å²) in [6.07, 6.45) is 3.91. The molecule has 6 heteroatoms. The largest absolute Gasteiger partial charge is 0.372 e. The van der Waals surface area contributed by atoms with E-state index < -0.39 is 0 Å². The molecule has 1 aliphatic heterocycles. The maximum Gasteiger partial charge on any atom is 0.0884 e. The Morgan fingerprint density at radius 1 is 1.36 bits per heavy atom. The van der Waals surface area contributed by atoms with E-state index in [0.717, 1.165) is 30.8 Å². The number of halogens is 2. The minimum absolute atomic E-state index is 0.0192. The molecule has 0 amide bonds. The first-order valence-electron chi connectivity index (χ1n) is 7.40. The van der Waals surface area contributed by atoms with Gasteiger partial charge in [-0.15, -0.1) is 0 Å². The number of rotatable bonds is 3. The molecule has 2 unspecified atom stereocenters. The summed E-state index contributed by atoms with van der Waals surface area (Å²) in [5.41, 5.74) is 2.22. The van der Waals surface area contributed by atoms with Gasteiger partial charge in [0.25, 0.3) is 0 Å². The van der Waals surface area contributed by atoms with Crippen molar-refractivity contribution in [2.45, 2.75) is 19.6 Å². The van der Waals surface area contributed by atoms with Crippen molar-refractivity contribution in [3.8, 4) is 0 Å². The van der Waals surface area contributed by atoms with Crippen LogP contribution in [0.1, 0.15) is 17.2 Å². The van der Waals surface area contributed by atoms with Crippen molar-refractivity contribution in [2.75, 3.05) is 19.7 Å². The lowest BCUT2D eigenvalue weighted by Crippen LogP contribution is -2.28. The first kappa shape index (κ1) is 15.8. The Morgan fingerprint density at radius 3 is 2.95 bits per heavy atom. The van der Waals surface area contributed by atoms with Crippen LogP contribution in [0.2, 0.25) is 10.0 Å². The van der Waals surface area contributed by atoms with Crippen LogP contribution >= 0.6 is 23.2 Å². The molecule has 0 saturated carbocycles. The van der Waals surface area contributed by atoms with E-state index in [1.54, 1.807) is 0 Å². The molecular formula is C16H19Cl2N3O. The van der Waals surface area contributed by atoms with E-state index in [0.29, 0.717) is 16.7 Å². The van der Waals surface area contributed by atoms with Crippen LogP contribution in [-0.4, -0.2) is 29.5 Å². The summed E-state index contributed by atoms with van der Waals surface area (Å²) in [7, 11) is 0. The second kappa shape index (κ2) is 7.01. The van der Waals surface area contributed by atoms with E-state index in [9.17, 15) is 0 Å². The van der Waals surface area contributed by atoms with E-state index in [4.69, 9.17) is 27.9 Å². The van der Waals surface area contributed by atoms with Crippen molar-refractivity contribution < 1.29 is 4.74 Å². The summed E-state index contributed by atoms with van der Waals surface area (Å²) in [4.78, 5) is 0. The van der Waals surface area contributed by atoms with Gasteiger partial charge in [0.1, 0.15) is 0 Å². The summed E-state index contributed by atoms with van der Waals surface area (Å²) in [6.45, 7) is 5.25. The second-order valence-corrected chi connectivity index (χ2v) is 6.48. The Bertz CT molecular complexity index is 644. The van der Waals surface area contributed by atoms with E-state index in [2.05, 4.69) is 16.6 Å². The van der Waals surface area contributed by atoms with Gasteiger partial charge in [-0.3, -0.25) is 4.68 Å². The summed E-state index contributed by atoms with van der Waals surface area (Å²) in [5.74, 6) is 0.277. The maximum absolute atomic E-state index is 6.16. The average Bonchev–Trinajstić information content (AvgIpc) is 2.76. The number of benzene rings is 1. The highest BCUT2D eigenvalue weighted by atomic mass is 35.5. The number of ether oxygens (including phenoxy) is 1. The molecule has 1 saturated heterocycles. The maximum atomic E-state index is 6.16. The lowest BCUT2D eigenvalue weighted by molar-refractivity contribution is 0.0243. The summed E-state index contributed by atoms with van der Waals surface area (Å²) < 4.78 is 8.04. The normalized spacial score (nSPS) is 22.5. The van der Waals surface area contributed by atoms with Crippen LogP contribution < -0.4 is 5.32 Å². The van der Waals surface area contributed by atoms with Crippen LogP contribution in [0, 0.1) is 12.8 Å². The molecule has 2 aromatic rings. The van der Waals surface area contributed by atoms with Gasteiger partial charge in [0.15, 0.2) is 0 Å². The van der Waals surface area contributed by atoms with Crippen LogP contribution in [0.15, 0.2) is 30.6 Å². The van der Waals surface area contributed by atoms with E-state index >= 15 is 0 Å². The fraction of sp³-hybridized carbons (Fsp3) is 0.438. The first-order valence-corrected chi connectivity index (χ1v) is 8.15. The molecular weight excluding hydrogens is 321 g/mol. The highest BCUT2D eigenvalue weighted by molar-refractivity contribution is 6.42. The summed E-state index contributed by atoms with van der Waals surface area (Å²) >= 11 is 12.2. The molecule has 2 atom stereocenters. The summed E-state index contributed by atoms with van der Waals surface area (Å²) in [5, 5.41) is 8.94. The molecule has 3 rings (SSSR count). The topological polar surface area (TPSA) is 39.1 Å². The van der Waals surface area contributed by atoms with Crippen LogP contribution in [0.3, 0.4) is 0 Å². The molecule has 22 heavy (non-hydrogen) atoms. The van der Waals surface area contributed by atoms with Gasteiger partial charge in [-0.1, -0.05) is 29.3 Å². The third kappa shape index (κ3) is 3.63. The molecule has 1 N–H and O–H groups in total. The number of nitrogens with zero attached hydrogens (tertiary/aromatic N) is 2. The van der Waals surface area contributed by atoms with Gasteiger partial charge in [0.05, 0.1) is 29.0 Å². The first-order chi connectivity index (χ1) is 10.6. The minimum Gasteiger partial charge on any atom is -0.372 e. The molecule has 1 aromatic heterocycles. The monoisotopic (exact) mass is 339 g/mol. The quantitative estimate of drug-likeness (QED) is 0.930. The lowest BCUT2D eigenvalue weighted by atomic mass is 9.95. The zero-order chi connectivity index (χ0) is 15.5. The van der Waals surface area contributed by atoms with Crippen LogP contribution in [0.5, 0.6) is 0 Å². The number of aryl methyl sites for hydroxylation is 1. The predicted molar refractivity (Wildman–Crippen MR) is 88.5 cm³/mol. The van der Waals surface area contributed by atoms with Gasteiger partial charge in [-0.25, -0.2) is 0 Å². The van der Waals surface area contributed by atoms with Gasteiger partial charge < -0.3 is 10.1 Å². The van der Waals surface area contributed by atoms with Crippen molar-refractivity contribution in [2.24, 2.45) is 5.92 Å². The third-order valence-electron chi connectivity index (χ3n) is 3.87. The zero-order valence-electron chi connectivity index (χ0n) is 12.4. The Hall–Kier alpha value is -1.07. The minimum atomic E-state index is -0.0192. The van der Waals surface area contributed by atoms with Crippen molar-refractivity contribution in [1.29, 1.82) is 0 Å². The number of aromatic nitrogens is 2. The second-order valence-electron chi connectivity index (χ2n) is 5.67. The molecule has 2 heterocycles. The van der Waals surface area contributed by atoms with Crippen LogP contribution in [0.4, 0.5) is 0 Å². The SMILES string of the molecule is Cc1cnn(CC2CNCCOC2c2ccc(Cl)c(Cl)c2)c1. The van der Waals surface area contributed by atoms with E-state index in [-0.39, 0.29) is 12.0 Å². The number of hydrogen-bond donors (Lipinski definition) is 1. The molecule has 1 fully saturated rings. The van der Waals surface area contributed by atoms with E-state index in [1.165, 1.54) is 0 Å². The molecule has 1 aromatic carbocycles. The number of nitrogens with one attached hydrogen (secondary N) is 1. The Balaban J connectivity index is 1.85. The van der Waals surface area contributed by atoms with Gasteiger partial charge in [0.2, 0.25) is 0 Å². The smallest absolute Gasteiger partial charge is 0.0884 e. The fourth-order valence-corrected chi connectivity index (χ4v) is 3.12. The van der Waals surface area contributed by atoms with Gasteiger partial charge in [0, 0.05) is 31.7 Å². The third-order valence-corrected chi connectivity index (χ3v) is 4.61. The number of hydrogen-bond acceptors (Lipinski definition) is 3.